The lowest BCUT2D eigenvalue weighted by Crippen LogP contribution is -2.25. The monoisotopic (exact) mass is 168 g/mol. The van der Waals surface area contributed by atoms with E-state index in [0.29, 0.717) is 0 Å². The number of hydrogen-bond donors (Lipinski definition) is 0. The first-order chi connectivity index (χ1) is 5.29. The first-order valence-corrected chi connectivity index (χ1v) is 4.60. The van der Waals surface area contributed by atoms with E-state index < -0.39 is 0 Å². The summed E-state index contributed by atoms with van der Waals surface area (Å²) in [6, 6.07) is 0. The SMILES string of the molecule is CC1=c2scc(F)c2=CCC1. The molecule has 2 heteroatoms. The Labute approximate surface area is 68.7 Å². The van der Waals surface area contributed by atoms with Crippen LogP contribution in [-0.4, -0.2) is 0 Å². The first kappa shape index (κ1) is 7.04. The Balaban J connectivity index is 2.92. The third-order valence-corrected chi connectivity index (χ3v) is 3.17. The molecule has 0 aliphatic heterocycles. The zero-order valence-corrected chi connectivity index (χ0v) is 7.17. The molecule has 0 amide bonds. The summed E-state index contributed by atoms with van der Waals surface area (Å²) in [6.45, 7) is 2.09. The van der Waals surface area contributed by atoms with Crippen LogP contribution in [0.5, 0.6) is 0 Å². The van der Waals surface area contributed by atoms with Gasteiger partial charge in [-0.2, -0.15) is 0 Å². The highest BCUT2D eigenvalue weighted by molar-refractivity contribution is 7.07. The van der Waals surface area contributed by atoms with Gasteiger partial charge in [0, 0.05) is 15.1 Å². The predicted octanol–water partition coefficient (Wildman–Crippen LogP) is 1.63. The molecule has 0 spiro atoms. The van der Waals surface area contributed by atoms with Crippen LogP contribution in [0.4, 0.5) is 4.39 Å². The average molecular weight is 168 g/mol. The highest BCUT2D eigenvalue weighted by Crippen LogP contribution is 2.08. The summed E-state index contributed by atoms with van der Waals surface area (Å²) in [5, 5.41) is 2.43. The molecule has 1 aliphatic rings. The Hall–Kier alpha value is -0.630. The average Bonchev–Trinajstić information content (AvgIpc) is 2.35. The van der Waals surface area contributed by atoms with E-state index >= 15 is 0 Å². The van der Waals surface area contributed by atoms with Gasteiger partial charge in [0.15, 0.2) is 0 Å². The molecule has 11 heavy (non-hydrogen) atoms. The molecule has 0 nitrogen and oxygen atoms in total. The molecular weight excluding hydrogens is 159 g/mol. The van der Waals surface area contributed by atoms with E-state index in [1.54, 1.807) is 5.38 Å². The zero-order valence-electron chi connectivity index (χ0n) is 6.36. The topological polar surface area (TPSA) is 0 Å². The second kappa shape index (κ2) is 2.45. The Morgan fingerprint density at radius 2 is 2.36 bits per heavy atom. The Morgan fingerprint density at radius 3 is 3.09 bits per heavy atom. The van der Waals surface area contributed by atoms with Gasteiger partial charge in [-0.25, -0.2) is 4.39 Å². The summed E-state index contributed by atoms with van der Waals surface area (Å²) in [4.78, 5) is 0. The third-order valence-electron chi connectivity index (χ3n) is 2.04. The van der Waals surface area contributed by atoms with Crippen molar-refractivity contribution < 1.29 is 4.39 Å². The first-order valence-electron chi connectivity index (χ1n) is 3.72. The van der Waals surface area contributed by atoms with Crippen LogP contribution >= 0.6 is 11.3 Å². The minimum absolute atomic E-state index is 0.0518. The highest BCUT2D eigenvalue weighted by Gasteiger charge is 2.04. The largest absolute Gasteiger partial charge is 0.205 e. The molecule has 0 radical (unpaired) electrons. The van der Waals surface area contributed by atoms with Crippen molar-refractivity contribution in [2.45, 2.75) is 19.8 Å². The van der Waals surface area contributed by atoms with Gasteiger partial charge in [-0.3, -0.25) is 0 Å². The van der Waals surface area contributed by atoms with Gasteiger partial charge in [-0.1, -0.05) is 11.6 Å². The Bertz CT molecular complexity index is 386. The fourth-order valence-electron chi connectivity index (χ4n) is 1.41. The zero-order chi connectivity index (χ0) is 7.84. The maximum atomic E-state index is 13.0. The predicted molar refractivity (Wildman–Crippen MR) is 46.3 cm³/mol. The molecule has 0 saturated carbocycles. The van der Waals surface area contributed by atoms with E-state index in [9.17, 15) is 4.39 Å². The molecule has 0 saturated heterocycles. The molecule has 2 rings (SSSR count). The van der Waals surface area contributed by atoms with Crippen LogP contribution in [0.3, 0.4) is 0 Å². The van der Waals surface area contributed by atoms with Crippen LogP contribution < -0.4 is 9.75 Å². The maximum absolute atomic E-state index is 13.0. The molecule has 1 aromatic heterocycles. The van der Waals surface area contributed by atoms with E-state index in [1.165, 1.54) is 16.9 Å². The summed E-state index contributed by atoms with van der Waals surface area (Å²) in [5.74, 6) is -0.0518. The number of halogens is 1. The van der Waals surface area contributed by atoms with Crippen LogP contribution in [0.2, 0.25) is 0 Å². The van der Waals surface area contributed by atoms with Gasteiger partial charge in [0.1, 0.15) is 5.82 Å². The molecule has 0 unspecified atom stereocenters. The highest BCUT2D eigenvalue weighted by atomic mass is 32.1. The van der Waals surface area contributed by atoms with Crippen LogP contribution in [0.15, 0.2) is 5.38 Å². The standard InChI is InChI=1S/C9H9FS/c1-6-3-2-4-7-8(10)5-11-9(6)7/h4-5H,2-3H2,1H3. The number of fused-ring (bicyclic) bond motifs is 1. The minimum Gasteiger partial charge on any atom is -0.205 e. The van der Waals surface area contributed by atoms with E-state index in [1.807, 2.05) is 6.08 Å². The second-order valence-electron chi connectivity index (χ2n) is 2.85. The molecule has 0 N–H and O–H groups in total. The van der Waals surface area contributed by atoms with Gasteiger partial charge in [0.05, 0.1) is 0 Å². The minimum atomic E-state index is -0.0518. The molecule has 1 aliphatic carbocycles. The summed E-state index contributed by atoms with van der Waals surface area (Å²) in [5.41, 5.74) is 1.33. The van der Waals surface area contributed by atoms with Gasteiger partial charge in [0.2, 0.25) is 0 Å². The van der Waals surface area contributed by atoms with Crippen molar-refractivity contribution in [2.75, 3.05) is 0 Å². The second-order valence-corrected chi connectivity index (χ2v) is 3.73. The van der Waals surface area contributed by atoms with E-state index in [-0.39, 0.29) is 5.82 Å². The molecule has 0 bridgehead atoms. The van der Waals surface area contributed by atoms with Gasteiger partial charge < -0.3 is 0 Å². The van der Waals surface area contributed by atoms with Gasteiger partial charge in [-0.15, -0.1) is 11.3 Å². The van der Waals surface area contributed by atoms with Crippen LogP contribution in [0, 0.1) is 5.82 Å². The van der Waals surface area contributed by atoms with Crippen LogP contribution in [-0.2, 0) is 0 Å². The van der Waals surface area contributed by atoms with Crippen molar-refractivity contribution in [2.24, 2.45) is 0 Å². The quantitative estimate of drug-likeness (QED) is 0.552. The summed E-state index contributed by atoms with van der Waals surface area (Å²) in [7, 11) is 0. The van der Waals surface area contributed by atoms with Crippen molar-refractivity contribution in [1.82, 2.24) is 0 Å². The van der Waals surface area contributed by atoms with Crippen molar-refractivity contribution in [3.8, 4) is 0 Å². The van der Waals surface area contributed by atoms with E-state index in [4.69, 9.17) is 0 Å². The Kier molecular flexibility index (Phi) is 1.57. The molecule has 1 aromatic rings. The molecule has 0 fully saturated rings. The smallest absolute Gasteiger partial charge is 0.141 e. The van der Waals surface area contributed by atoms with Crippen molar-refractivity contribution >= 4 is 23.0 Å². The fraction of sp³-hybridized carbons (Fsp3) is 0.333. The molecular formula is C9H9FS. The Morgan fingerprint density at radius 1 is 1.55 bits per heavy atom. The number of thiophene rings is 1. The summed E-state index contributed by atoms with van der Waals surface area (Å²) in [6.07, 6.45) is 4.08. The van der Waals surface area contributed by atoms with Crippen LogP contribution in [0.25, 0.3) is 11.6 Å². The normalized spacial score (nSPS) is 16.0. The lowest BCUT2D eigenvalue weighted by atomic mass is 10.1. The lowest BCUT2D eigenvalue weighted by molar-refractivity contribution is 0.623. The van der Waals surface area contributed by atoms with E-state index in [0.717, 1.165) is 22.6 Å². The number of rotatable bonds is 0. The molecule has 0 atom stereocenters. The van der Waals surface area contributed by atoms with Gasteiger partial charge in [-0.05, 0) is 19.8 Å². The lowest BCUT2D eigenvalue weighted by Gasteiger charge is -2.00. The number of hydrogen-bond acceptors (Lipinski definition) is 1. The molecule has 0 aromatic carbocycles. The molecule has 1 heterocycles. The summed E-state index contributed by atoms with van der Waals surface area (Å²) >= 11 is 1.52. The van der Waals surface area contributed by atoms with Gasteiger partial charge in [0.25, 0.3) is 0 Å². The van der Waals surface area contributed by atoms with Crippen molar-refractivity contribution in [3.63, 3.8) is 0 Å². The van der Waals surface area contributed by atoms with E-state index in [2.05, 4.69) is 6.92 Å². The fourth-order valence-corrected chi connectivity index (χ4v) is 2.37. The van der Waals surface area contributed by atoms with Gasteiger partial charge >= 0.3 is 0 Å². The van der Waals surface area contributed by atoms with Crippen molar-refractivity contribution in [1.29, 1.82) is 0 Å². The summed E-state index contributed by atoms with van der Waals surface area (Å²) < 4.78 is 14.1. The van der Waals surface area contributed by atoms with Crippen LogP contribution in [0.1, 0.15) is 19.8 Å². The molecule has 58 valence electrons. The van der Waals surface area contributed by atoms with Crippen molar-refractivity contribution in [3.05, 3.63) is 20.9 Å². The third kappa shape index (κ3) is 1.02. The maximum Gasteiger partial charge on any atom is 0.141 e.